The highest BCUT2D eigenvalue weighted by atomic mass is 16.2. The average Bonchev–Trinajstić information content (AvgIpc) is 3.27. The molecule has 39 heavy (non-hydrogen) atoms. The van der Waals surface area contributed by atoms with Gasteiger partial charge >= 0.3 is 0 Å². The lowest BCUT2D eigenvalue weighted by Gasteiger charge is -2.58. The summed E-state index contributed by atoms with van der Waals surface area (Å²) < 4.78 is 0. The molecule has 1 heterocycles. The molecule has 0 saturated heterocycles. The van der Waals surface area contributed by atoms with Crippen LogP contribution in [0.3, 0.4) is 0 Å². The van der Waals surface area contributed by atoms with Gasteiger partial charge in [-0.25, -0.2) is 0 Å². The highest BCUT2D eigenvalue weighted by Crippen LogP contribution is 2.65. The van der Waals surface area contributed by atoms with E-state index >= 15 is 0 Å². The summed E-state index contributed by atoms with van der Waals surface area (Å²) in [5.41, 5.74) is 3.26. The molecule has 7 atom stereocenters. The van der Waals surface area contributed by atoms with Gasteiger partial charge in [0.05, 0.1) is 0 Å². The van der Waals surface area contributed by atoms with E-state index in [0.717, 1.165) is 49.9 Å². The molecule has 4 aliphatic rings. The summed E-state index contributed by atoms with van der Waals surface area (Å²) in [6, 6.07) is 19.0. The summed E-state index contributed by atoms with van der Waals surface area (Å²) in [6.45, 7) is 11.5. The van der Waals surface area contributed by atoms with E-state index in [1.165, 1.54) is 5.56 Å². The molecule has 0 radical (unpaired) electrons. The Kier molecular flexibility index (Phi) is 6.32. The van der Waals surface area contributed by atoms with E-state index in [1.54, 1.807) is 6.08 Å². The molecule has 0 aromatic heterocycles. The second-order valence-corrected chi connectivity index (χ2v) is 14.2. The van der Waals surface area contributed by atoms with Crippen molar-refractivity contribution < 1.29 is 9.59 Å². The number of benzene rings is 2. The third-order valence-electron chi connectivity index (χ3n) is 11.2. The molecule has 3 aliphatic carbocycles. The maximum atomic E-state index is 14.6. The minimum Gasteiger partial charge on any atom is -0.349 e. The quantitative estimate of drug-likeness (QED) is 0.450. The number of hydrogen-bond acceptors (Lipinski definition) is 2. The number of anilines is 2. The molecule has 6 rings (SSSR count). The predicted molar refractivity (Wildman–Crippen MR) is 158 cm³/mol. The number of nitrogens with one attached hydrogen (secondary N) is 1. The van der Waals surface area contributed by atoms with Gasteiger partial charge in [0.25, 0.3) is 0 Å². The summed E-state index contributed by atoms with van der Waals surface area (Å²) in [5.74, 6) is 2.04. The Balaban J connectivity index is 1.31. The van der Waals surface area contributed by atoms with Crippen LogP contribution in [0.5, 0.6) is 0 Å². The van der Waals surface area contributed by atoms with E-state index in [9.17, 15) is 9.59 Å². The average molecular weight is 525 g/mol. The van der Waals surface area contributed by atoms with Gasteiger partial charge < -0.3 is 5.32 Å². The molecule has 3 saturated carbocycles. The van der Waals surface area contributed by atoms with E-state index in [2.05, 4.69) is 82.4 Å². The van der Waals surface area contributed by atoms with Crippen LogP contribution in [-0.4, -0.2) is 17.9 Å². The first kappa shape index (κ1) is 26.3. The molecule has 2 aromatic carbocycles. The van der Waals surface area contributed by atoms with Crippen LogP contribution in [-0.2, 0) is 15.0 Å². The van der Waals surface area contributed by atoms with Gasteiger partial charge in [-0.2, -0.15) is 0 Å². The number of para-hydroxylation sites is 1. The van der Waals surface area contributed by atoms with E-state index in [4.69, 9.17) is 0 Å². The maximum Gasteiger partial charge on any atom is 0.243 e. The van der Waals surface area contributed by atoms with Crippen molar-refractivity contribution in [3.05, 3.63) is 72.3 Å². The first-order chi connectivity index (χ1) is 18.5. The number of fused-ring (bicyclic) bond motifs is 5. The van der Waals surface area contributed by atoms with Crippen LogP contribution in [0, 0.1) is 34.5 Å². The third kappa shape index (κ3) is 4.26. The lowest BCUT2D eigenvalue weighted by atomic mass is 9.48. The lowest BCUT2D eigenvalue weighted by Crippen LogP contribution is -2.59. The number of hydrogen-bond donors (Lipinski definition) is 1. The first-order valence-corrected chi connectivity index (χ1v) is 15.0. The molecule has 206 valence electrons. The minimum absolute atomic E-state index is 0.00144. The van der Waals surface area contributed by atoms with Crippen LogP contribution in [0.1, 0.15) is 78.7 Å². The lowest BCUT2D eigenvalue weighted by molar-refractivity contribution is -0.131. The molecule has 2 aromatic rings. The molecule has 4 heteroatoms. The SMILES string of the molecule is CC(C)(C)c1ccc(N(C(=O)C2CC[C@H]3[C@@H]4CCC5NC(=O)C=C[C@]5(C)[C@@H]4CC[C@]23C)c2ccccc2)cc1. The fourth-order valence-corrected chi connectivity index (χ4v) is 8.99. The maximum absolute atomic E-state index is 14.6. The molecule has 1 aliphatic heterocycles. The van der Waals surface area contributed by atoms with Crippen molar-refractivity contribution in [2.75, 3.05) is 4.90 Å². The topological polar surface area (TPSA) is 49.4 Å². The Morgan fingerprint density at radius 2 is 1.56 bits per heavy atom. The Labute approximate surface area is 234 Å². The van der Waals surface area contributed by atoms with Gasteiger partial charge in [-0.3, -0.25) is 14.5 Å². The third-order valence-corrected chi connectivity index (χ3v) is 11.2. The summed E-state index contributed by atoms with van der Waals surface area (Å²) >= 11 is 0. The van der Waals surface area contributed by atoms with Crippen molar-refractivity contribution >= 4 is 23.2 Å². The van der Waals surface area contributed by atoms with Gasteiger partial charge in [-0.05, 0) is 103 Å². The smallest absolute Gasteiger partial charge is 0.243 e. The Morgan fingerprint density at radius 1 is 0.872 bits per heavy atom. The van der Waals surface area contributed by atoms with Crippen molar-refractivity contribution in [2.45, 2.75) is 84.6 Å². The summed E-state index contributed by atoms with van der Waals surface area (Å²) in [6.07, 6.45) is 10.4. The molecule has 3 fully saturated rings. The second kappa shape index (κ2) is 9.35. The highest BCUT2D eigenvalue weighted by molar-refractivity contribution is 6.02. The van der Waals surface area contributed by atoms with Crippen LogP contribution in [0.4, 0.5) is 11.4 Å². The number of carbonyl (C=O) groups is 2. The van der Waals surface area contributed by atoms with E-state index < -0.39 is 0 Å². The van der Waals surface area contributed by atoms with Crippen LogP contribution < -0.4 is 10.2 Å². The van der Waals surface area contributed by atoms with Gasteiger partial charge in [0, 0.05) is 28.7 Å². The predicted octanol–water partition coefficient (Wildman–Crippen LogP) is 7.56. The zero-order chi connectivity index (χ0) is 27.6. The van der Waals surface area contributed by atoms with Crippen molar-refractivity contribution in [3.8, 4) is 0 Å². The molecular formula is C35H44N2O2. The molecule has 2 unspecified atom stereocenters. The highest BCUT2D eigenvalue weighted by Gasteiger charge is 2.61. The minimum atomic E-state index is 0.00144. The van der Waals surface area contributed by atoms with Gasteiger partial charge in [0.15, 0.2) is 0 Å². The zero-order valence-corrected chi connectivity index (χ0v) is 24.2. The molecule has 0 spiro atoms. The van der Waals surface area contributed by atoms with Gasteiger partial charge in [-0.1, -0.05) is 71.0 Å². The molecular weight excluding hydrogens is 480 g/mol. The van der Waals surface area contributed by atoms with Crippen molar-refractivity contribution in [3.63, 3.8) is 0 Å². The summed E-state index contributed by atoms with van der Waals surface area (Å²) in [7, 11) is 0. The van der Waals surface area contributed by atoms with Gasteiger partial charge in [-0.15, -0.1) is 0 Å². The van der Waals surface area contributed by atoms with Gasteiger partial charge in [0.2, 0.25) is 11.8 Å². The van der Waals surface area contributed by atoms with E-state index in [0.29, 0.717) is 17.8 Å². The number of rotatable bonds is 3. The molecule has 4 nitrogen and oxygen atoms in total. The van der Waals surface area contributed by atoms with Crippen LogP contribution in [0.2, 0.25) is 0 Å². The second-order valence-electron chi connectivity index (χ2n) is 14.2. The van der Waals surface area contributed by atoms with Crippen molar-refractivity contribution in [1.29, 1.82) is 0 Å². The number of carbonyl (C=O) groups excluding carboxylic acids is 2. The van der Waals surface area contributed by atoms with Crippen molar-refractivity contribution in [2.24, 2.45) is 34.5 Å². The summed E-state index contributed by atoms with van der Waals surface area (Å²) in [4.78, 5) is 28.7. The van der Waals surface area contributed by atoms with E-state index in [-0.39, 0.29) is 40.0 Å². The fourth-order valence-electron chi connectivity index (χ4n) is 8.99. The van der Waals surface area contributed by atoms with Crippen LogP contribution >= 0.6 is 0 Å². The largest absolute Gasteiger partial charge is 0.349 e. The standard InChI is InChI=1S/C35H44N2O2/c1-33(2,3)23-11-13-25(14-12-23)37(24-9-7-6-8-10-24)32(39)29-17-16-27-26-15-18-30-35(5,22-20-31(38)36-30)28(26)19-21-34(27,29)4/h6-14,20,22,26-30H,15-19,21H2,1-5H3,(H,36,38)/t26-,27-,28+,29?,30?,34-,35+/m0/s1. The zero-order valence-electron chi connectivity index (χ0n) is 24.2. The van der Waals surface area contributed by atoms with Crippen molar-refractivity contribution in [1.82, 2.24) is 5.32 Å². The number of amides is 2. The normalized spacial score (nSPS) is 35.4. The van der Waals surface area contributed by atoms with Crippen LogP contribution in [0.15, 0.2) is 66.7 Å². The monoisotopic (exact) mass is 524 g/mol. The molecule has 0 bridgehead atoms. The first-order valence-electron chi connectivity index (χ1n) is 15.0. The Hall–Kier alpha value is -2.88. The molecule has 2 amide bonds. The summed E-state index contributed by atoms with van der Waals surface area (Å²) in [5, 5.41) is 3.27. The number of nitrogens with zero attached hydrogens (tertiary/aromatic N) is 1. The van der Waals surface area contributed by atoms with Gasteiger partial charge in [0.1, 0.15) is 0 Å². The molecule has 1 N–H and O–H groups in total. The fraction of sp³-hybridized carbons (Fsp3) is 0.543. The van der Waals surface area contributed by atoms with E-state index in [1.807, 2.05) is 23.1 Å². The van der Waals surface area contributed by atoms with Crippen LogP contribution in [0.25, 0.3) is 0 Å². The Morgan fingerprint density at radius 3 is 2.26 bits per heavy atom. The Bertz CT molecular complexity index is 1280.